The van der Waals surface area contributed by atoms with Crippen LogP contribution in [0.4, 0.5) is 4.79 Å². The van der Waals surface area contributed by atoms with Crippen LogP contribution in [0.3, 0.4) is 0 Å². The first-order valence-corrected chi connectivity index (χ1v) is 13.7. The number of carbonyl (C=O) groups is 1. The van der Waals surface area contributed by atoms with E-state index in [-0.39, 0.29) is 30.4 Å². The van der Waals surface area contributed by atoms with E-state index in [2.05, 4.69) is 0 Å². The molecule has 3 aromatic rings. The SMILES string of the molecule is COc1ccc(COCCCC[C@@H]2OC(=O)N3C[C@H](OCc4ccccc4)[C@H](OCc4ccccc4)[C@@H]23)cc1. The molecule has 2 aliphatic heterocycles. The molecule has 1 amide bonds. The molecule has 0 unspecified atom stereocenters. The van der Waals surface area contributed by atoms with E-state index in [0.717, 1.165) is 41.7 Å². The van der Waals surface area contributed by atoms with Crippen LogP contribution in [0.15, 0.2) is 84.9 Å². The highest BCUT2D eigenvalue weighted by molar-refractivity contribution is 5.71. The van der Waals surface area contributed by atoms with Gasteiger partial charge < -0.3 is 23.7 Å². The second-order valence-electron chi connectivity index (χ2n) is 10.1. The van der Waals surface area contributed by atoms with Crippen molar-refractivity contribution in [2.24, 2.45) is 0 Å². The zero-order valence-electron chi connectivity index (χ0n) is 22.4. The number of nitrogens with zero attached hydrogens (tertiary/aromatic N) is 1. The highest BCUT2D eigenvalue weighted by Gasteiger charge is 2.55. The average molecular weight is 532 g/mol. The van der Waals surface area contributed by atoms with Crippen molar-refractivity contribution in [3.8, 4) is 5.75 Å². The van der Waals surface area contributed by atoms with Crippen LogP contribution in [-0.4, -0.2) is 55.6 Å². The van der Waals surface area contributed by atoms with Crippen molar-refractivity contribution in [2.75, 3.05) is 20.3 Å². The van der Waals surface area contributed by atoms with Crippen molar-refractivity contribution in [2.45, 2.75) is 63.4 Å². The molecule has 2 heterocycles. The van der Waals surface area contributed by atoms with Crippen molar-refractivity contribution < 1.29 is 28.5 Å². The number of benzene rings is 3. The summed E-state index contributed by atoms with van der Waals surface area (Å²) in [6, 6.07) is 27.9. The Balaban J connectivity index is 1.15. The fourth-order valence-electron chi connectivity index (χ4n) is 5.28. The monoisotopic (exact) mass is 531 g/mol. The smallest absolute Gasteiger partial charge is 0.410 e. The first-order valence-electron chi connectivity index (χ1n) is 13.7. The number of carbonyl (C=O) groups excluding carboxylic acids is 1. The first kappa shape index (κ1) is 27.2. The lowest BCUT2D eigenvalue weighted by Crippen LogP contribution is -2.42. The average Bonchev–Trinajstić information content (AvgIpc) is 3.50. The van der Waals surface area contributed by atoms with E-state index in [1.54, 1.807) is 12.0 Å². The van der Waals surface area contributed by atoms with E-state index < -0.39 is 0 Å². The van der Waals surface area contributed by atoms with Crippen molar-refractivity contribution in [1.82, 2.24) is 4.90 Å². The minimum absolute atomic E-state index is 0.165. The Labute approximate surface area is 230 Å². The molecule has 7 nitrogen and oxygen atoms in total. The summed E-state index contributed by atoms with van der Waals surface area (Å²) >= 11 is 0. The molecule has 206 valence electrons. The van der Waals surface area contributed by atoms with E-state index in [0.29, 0.717) is 33.0 Å². The highest BCUT2D eigenvalue weighted by Crippen LogP contribution is 2.36. The van der Waals surface area contributed by atoms with Crippen molar-refractivity contribution in [3.05, 3.63) is 102 Å². The molecule has 0 saturated carbocycles. The molecule has 0 bridgehead atoms. The van der Waals surface area contributed by atoms with Gasteiger partial charge in [0, 0.05) is 6.61 Å². The number of hydrogen-bond donors (Lipinski definition) is 0. The number of hydrogen-bond acceptors (Lipinski definition) is 6. The molecule has 4 atom stereocenters. The van der Waals surface area contributed by atoms with E-state index in [9.17, 15) is 4.79 Å². The quantitative estimate of drug-likeness (QED) is 0.247. The molecule has 3 aromatic carbocycles. The van der Waals surface area contributed by atoms with Crippen LogP contribution in [0.25, 0.3) is 0 Å². The van der Waals surface area contributed by atoms with Crippen molar-refractivity contribution >= 4 is 6.09 Å². The van der Waals surface area contributed by atoms with Crippen LogP contribution in [0.2, 0.25) is 0 Å². The molecular weight excluding hydrogens is 494 g/mol. The number of cyclic esters (lactones) is 1. The van der Waals surface area contributed by atoms with Gasteiger partial charge in [0.15, 0.2) is 0 Å². The largest absolute Gasteiger partial charge is 0.497 e. The number of unbranched alkanes of at least 4 members (excludes halogenated alkanes) is 1. The van der Waals surface area contributed by atoms with Gasteiger partial charge in [-0.3, -0.25) is 4.90 Å². The maximum atomic E-state index is 12.8. The van der Waals surface area contributed by atoms with Gasteiger partial charge >= 0.3 is 6.09 Å². The molecule has 2 fully saturated rings. The zero-order chi connectivity index (χ0) is 26.9. The summed E-state index contributed by atoms with van der Waals surface area (Å²) in [7, 11) is 1.66. The Morgan fingerprint density at radius 2 is 1.44 bits per heavy atom. The second kappa shape index (κ2) is 13.6. The van der Waals surface area contributed by atoms with Gasteiger partial charge in [0.1, 0.15) is 30.1 Å². The molecule has 0 aliphatic carbocycles. The predicted octanol–water partition coefficient (Wildman–Crippen LogP) is 5.76. The van der Waals surface area contributed by atoms with Crippen LogP contribution in [0, 0.1) is 0 Å². The molecule has 5 rings (SSSR count). The summed E-state index contributed by atoms with van der Waals surface area (Å²) in [5.41, 5.74) is 3.30. The van der Waals surface area contributed by atoms with E-state index >= 15 is 0 Å². The van der Waals surface area contributed by atoms with Gasteiger partial charge in [0.25, 0.3) is 0 Å². The van der Waals surface area contributed by atoms with Crippen LogP contribution >= 0.6 is 0 Å². The molecule has 2 aliphatic rings. The Morgan fingerprint density at radius 1 is 0.795 bits per heavy atom. The maximum absolute atomic E-state index is 12.8. The van der Waals surface area contributed by atoms with Gasteiger partial charge in [-0.2, -0.15) is 0 Å². The molecule has 0 radical (unpaired) electrons. The number of amides is 1. The van der Waals surface area contributed by atoms with Crippen LogP contribution < -0.4 is 4.74 Å². The second-order valence-corrected chi connectivity index (χ2v) is 10.1. The third kappa shape index (κ3) is 7.18. The fourth-order valence-corrected chi connectivity index (χ4v) is 5.28. The lowest BCUT2D eigenvalue weighted by Gasteiger charge is -2.26. The summed E-state index contributed by atoms with van der Waals surface area (Å²) in [6.45, 7) is 2.62. The van der Waals surface area contributed by atoms with Gasteiger partial charge in [0.2, 0.25) is 0 Å². The molecule has 0 N–H and O–H groups in total. The van der Waals surface area contributed by atoms with Gasteiger partial charge in [-0.25, -0.2) is 4.79 Å². The first-order chi connectivity index (χ1) is 19.2. The van der Waals surface area contributed by atoms with E-state index in [1.165, 1.54) is 0 Å². The van der Waals surface area contributed by atoms with Gasteiger partial charge in [-0.15, -0.1) is 0 Å². The minimum Gasteiger partial charge on any atom is -0.497 e. The molecule has 39 heavy (non-hydrogen) atoms. The third-order valence-electron chi connectivity index (χ3n) is 7.35. The van der Waals surface area contributed by atoms with Crippen molar-refractivity contribution in [3.63, 3.8) is 0 Å². The van der Waals surface area contributed by atoms with Crippen molar-refractivity contribution in [1.29, 1.82) is 0 Å². The van der Waals surface area contributed by atoms with Gasteiger partial charge in [-0.1, -0.05) is 72.8 Å². The number of rotatable bonds is 14. The summed E-state index contributed by atoms with van der Waals surface area (Å²) in [4.78, 5) is 14.6. The fraction of sp³-hybridized carbons (Fsp3) is 0.406. The summed E-state index contributed by atoms with van der Waals surface area (Å²) in [5, 5.41) is 0. The summed E-state index contributed by atoms with van der Waals surface area (Å²) in [6.07, 6.45) is 1.55. The van der Waals surface area contributed by atoms with Gasteiger partial charge in [-0.05, 0) is 48.1 Å². The molecule has 7 heteroatoms. The summed E-state index contributed by atoms with van der Waals surface area (Å²) in [5.74, 6) is 0.838. The normalized spacial score (nSPS) is 22.1. The maximum Gasteiger partial charge on any atom is 0.410 e. The molecule has 0 spiro atoms. The van der Waals surface area contributed by atoms with E-state index in [1.807, 2.05) is 84.9 Å². The third-order valence-corrected chi connectivity index (χ3v) is 7.35. The number of ether oxygens (including phenoxy) is 5. The Kier molecular flexibility index (Phi) is 9.48. The lowest BCUT2D eigenvalue weighted by molar-refractivity contribution is -0.0809. The molecular formula is C32H37NO6. The van der Waals surface area contributed by atoms with E-state index in [4.69, 9.17) is 23.7 Å². The Hall–Kier alpha value is -3.39. The minimum atomic E-state index is -0.278. The van der Waals surface area contributed by atoms with Gasteiger partial charge in [0.05, 0.1) is 33.5 Å². The lowest BCUT2D eigenvalue weighted by atomic mass is 10.00. The van der Waals surface area contributed by atoms with Crippen LogP contribution in [-0.2, 0) is 38.8 Å². The van der Waals surface area contributed by atoms with Crippen LogP contribution in [0.1, 0.15) is 36.0 Å². The zero-order valence-corrected chi connectivity index (χ0v) is 22.4. The Bertz CT molecular complexity index is 1160. The number of fused-ring (bicyclic) bond motifs is 1. The predicted molar refractivity (Wildman–Crippen MR) is 147 cm³/mol. The summed E-state index contributed by atoms with van der Waals surface area (Å²) < 4.78 is 29.7. The highest BCUT2D eigenvalue weighted by atomic mass is 16.6. The standard InChI is InChI=1S/C32H37NO6/c1-35-27-17-15-26(16-18-27)21-36-19-9-8-14-28-30-31(38-23-25-12-6-3-7-13-25)29(20-33(30)32(34)39-28)37-22-24-10-4-2-5-11-24/h2-7,10-13,15-18,28-31H,8-9,14,19-23H2,1H3/t28-,29-,30+,31-/m0/s1. The number of methoxy groups -OCH3 is 1. The molecule has 2 saturated heterocycles. The Morgan fingerprint density at radius 3 is 2.10 bits per heavy atom. The van der Waals surface area contributed by atoms with Crippen LogP contribution in [0.5, 0.6) is 5.75 Å². The molecule has 0 aromatic heterocycles. The topological polar surface area (TPSA) is 66.5 Å².